The van der Waals surface area contributed by atoms with Gasteiger partial charge in [-0.05, 0) is 12.8 Å². The number of aryl methyl sites for hydroxylation is 1. The van der Waals surface area contributed by atoms with E-state index < -0.39 is 23.3 Å². The molecule has 8 heteroatoms. The van der Waals surface area contributed by atoms with Crippen molar-refractivity contribution in [3.05, 3.63) is 17.5 Å². The lowest BCUT2D eigenvalue weighted by Gasteiger charge is -2.11. The number of ether oxygens (including phenoxy) is 1. The molecule has 0 saturated carbocycles. The Kier molecular flexibility index (Phi) is 3.79. The monoisotopic (exact) mass is 277 g/mol. The zero-order chi connectivity index (χ0) is 14.0. The number of carbonyl (C=O) groups is 1. The van der Waals surface area contributed by atoms with Crippen molar-refractivity contribution < 1.29 is 22.7 Å². The molecule has 0 bridgehead atoms. The predicted octanol–water partition coefficient (Wildman–Crippen LogP) is 1.35. The lowest BCUT2D eigenvalue weighted by atomic mass is 10.2. The van der Waals surface area contributed by atoms with Crippen LogP contribution in [0.15, 0.2) is 6.20 Å². The van der Waals surface area contributed by atoms with Crippen molar-refractivity contribution in [1.29, 1.82) is 0 Å². The number of nitrogens with zero attached hydrogens (tertiary/aromatic N) is 2. The van der Waals surface area contributed by atoms with Gasteiger partial charge >= 0.3 is 6.18 Å². The summed E-state index contributed by atoms with van der Waals surface area (Å²) >= 11 is 0. The van der Waals surface area contributed by atoms with Gasteiger partial charge in [-0.3, -0.25) is 9.48 Å². The van der Waals surface area contributed by atoms with Gasteiger partial charge in [0.2, 0.25) is 0 Å². The third-order valence-corrected chi connectivity index (χ3v) is 2.86. The second-order valence-corrected chi connectivity index (χ2v) is 4.41. The number of alkyl halides is 3. The standard InChI is InChI=1S/C11H14F3N3O2/c1-17-6-8(9(16-17)11(12,13)14)10(18)15-5-7-3-2-4-19-7/h6-7H,2-5H2,1H3,(H,15,18). The van der Waals surface area contributed by atoms with Crippen LogP contribution in [0.3, 0.4) is 0 Å². The van der Waals surface area contributed by atoms with Gasteiger partial charge in [0.25, 0.3) is 5.91 Å². The lowest BCUT2D eigenvalue weighted by Crippen LogP contribution is -2.32. The number of amides is 1. The molecule has 1 saturated heterocycles. The predicted molar refractivity (Wildman–Crippen MR) is 59.5 cm³/mol. The van der Waals surface area contributed by atoms with E-state index in [9.17, 15) is 18.0 Å². The molecule has 1 fully saturated rings. The summed E-state index contributed by atoms with van der Waals surface area (Å²) in [6.45, 7) is 0.840. The van der Waals surface area contributed by atoms with Crippen LogP contribution in [0.2, 0.25) is 0 Å². The molecule has 1 N–H and O–H groups in total. The molecule has 1 aromatic rings. The summed E-state index contributed by atoms with van der Waals surface area (Å²) < 4.78 is 44.3. The molecular formula is C11H14F3N3O2. The van der Waals surface area contributed by atoms with Crippen LogP contribution in [0, 0.1) is 0 Å². The van der Waals surface area contributed by atoms with Crippen LogP contribution in [-0.2, 0) is 18.0 Å². The Labute approximate surface area is 107 Å². The highest BCUT2D eigenvalue weighted by atomic mass is 19.4. The summed E-state index contributed by atoms with van der Waals surface area (Å²) in [5.74, 6) is -0.782. The number of nitrogens with one attached hydrogen (secondary N) is 1. The molecule has 0 radical (unpaired) electrons. The molecule has 0 aromatic carbocycles. The Bertz CT molecular complexity index is 464. The van der Waals surface area contributed by atoms with Crippen molar-refractivity contribution in [2.45, 2.75) is 25.1 Å². The first-order valence-electron chi connectivity index (χ1n) is 5.88. The first kappa shape index (κ1) is 13.9. The summed E-state index contributed by atoms with van der Waals surface area (Å²) in [6, 6.07) is 0. The van der Waals surface area contributed by atoms with Crippen molar-refractivity contribution in [2.24, 2.45) is 7.05 Å². The van der Waals surface area contributed by atoms with Crippen LogP contribution < -0.4 is 5.32 Å². The van der Waals surface area contributed by atoms with Crippen molar-refractivity contribution in [3.63, 3.8) is 0 Å². The third kappa shape index (κ3) is 3.25. The second-order valence-electron chi connectivity index (χ2n) is 4.41. The third-order valence-electron chi connectivity index (χ3n) is 2.86. The molecule has 1 aliphatic heterocycles. The average molecular weight is 277 g/mol. The molecule has 0 aliphatic carbocycles. The summed E-state index contributed by atoms with van der Waals surface area (Å²) in [5.41, 5.74) is -1.63. The van der Waals surface area contributed by atoms with E-state index in [1.807, 2.05) is 0 Å². The van der Waals surface area contributed by atoms with E-state index in [0.29, 0.717) is 6.61 Å². The first-order chi connectivity index (χ1) is 8.88. The molecule has 1 aromatic heterocycles. The highest BCUT2D eigenvalue weighted by Gasteiger charge is 2.39. The van der Waals surface area contributed by atoms with E-state index in [1.165, 1.54) is 7.05 Å². The van der Waals surface area contributed by atoms with Gasteiger partial charge in [0.05, 0.1) is 11.7 Å². The Morgan fingerprint density at radius 1 is 1.63 bits per heavy atom. The summed E-state index contributed by atoms with van der Waals surface area (Å²) in [4.78, 5) is 11.8. The number of hydrogen-bond acceptors (Lipinski definition) is 3. The maximum absolute atomic E-state index is 12.7. The molecule has 5 nitrogen and oxygen atoms in total. The minimum Gasteiger partial charge on any atom is -0.376 e. The SMILES string of the molecule is Cn1cc(C(=O)NCC2CCCO2)c(C(F)(F)F)n1. The average Bonchev–Trinajstić information content (AvgIpc) is 2.93. The van der Waals surface area contributed by atoms with Crippen LogP contribution >= 0.6 is 0 Å². The fraction of sp³-hybridized carbons (Fsp3) is 0.636. The molecule has 1 aliphatic rings. The Hall–Kier alpha value is -1.57. The fourth-order valence-corrected chi connectivity index (χ4v) is 1.97. The van der Waals surface area contributed by atoms with Crippen molar-refractivity contribution in [1.82, 2.24) is 15.1 Å². The summed E-state index contributed by atoms with van der Waals surface area (Å²) in [5, 5.41) is 5.73. The molecule has 2 rings (SSSR count). The summed E-state index contributed by atoms with van der Waals surface area (Å²) in [6.07, 6.45) is -1.98. The van der Waals surface area contributed by atoms with E-state index in [0.717, 1.165) is 23.7 Å². The van der Waals surface area contributed by atoms with Crippen LogP contribution in [0.25, 0.3) is 0 Å². The fourth-order valence-electron chi connectivity index (χ4n) is 1.97. The van der Waals surface area contributed by atoms with Crippen LogP contribution in [-0.4, -0.2) is 34.9 Å². The zero-order valence-electron chi connectivity index (χ0n) is 10.3. The highest BCUT2D eigenvalue weighted by Crippen LogP contribution is 2.30. The molecule has 1 unspecified atom stereocenters. The van der Waals surface area contributed by atoms with Crippen molar-refractivity contribution in [2.75, 3.05) is 13.2 Å². The quantitative estimate of drug-likeness (QED) is 0.907. The lowest BCUT2D eigenvalue weighted by molar-refractivity contribution is -0.141. The summed E-state index contributed by atoms with van der Waals surface area (Å²) in [7, 11) is 1.34. The maximum atomic E-state index is 12.7. The van der Waals surface area contributed by atoms with Crippen LogP contribution in [0.1, 0.15) is 28.9 Å². The number of aromatic nitrogens is 2. The highest BCUT2D eigenvalue weighted by molar-refractivity contribution is 5.95. The van der Waals surface area contributed by atoms with Gasteiger partial charge < -0.3 is 10.1 Å². The smallest absolute Gasteiger partial charge is 0.376 e. The van der Waals surface area contributed by atoms with Gasteiger partial charge in [0.15, 0.2) is 5.69 Å². The second kappa shape index (κ2) is 5.20. The van der Waals surface area contributed by atoms with E-state index >= 15 is 0 Å². The number of carbonyl (C=O) groups excluding carboxylic acids is 1. The molecule has 106 valence electrons. The molecule has 19 heavy (non-hydrogen) atoms. The van der Waals surface area contributed by atoms with Crippen molar-refractivity contribution in [3.8, 4) is 0 Å². The molecular weight excluding hydrogens is 263 g/mol. The topological polar surface area (TPSA) is 56.2 Å². The van der Waals surface area contributed by atoms with Crippen LogP contribution in [0.5, 0.6) is 0 Å². The Morgan fingerprint density at radius 2 is 2.37 bits per heavy atom. The van der Waals surface area contributed by atoms with Crippen molar-refractivity contribution >= 4 is 5.91 Å². The van der Waals surface area contributed by atoms with Gasteiger partial charge in [-0.2, -0.15) is 18.3 Å². The van der Waals surface area contributed by atoms with E-state index in [-0.39, 0.29) is 12.6 Å². The van der Waals surface area contributed by atoms with Gasteiger partial charge in [0.1, 0.15) is 0 Å². The van der Waals surface area contributed by atoms with E-state index in [2.05, 4.69) is 10.4 Å². The number of hydrogen-bond donors (Lipinski definition) is 1. The van der Waals surface area contributed by atoms with Crippen LogP contribution in [0.4, 0.5) is 13.2 Å². The number of halogens is 3. The van der Waals surface area contributed by atoms with Gasteiger partial charge in [-0.15, -0.1) is 0 Å². The number of rotatable bonds is 3. The van der Waals surface area contributed by atoms with Gasteiger partial charge in [0, 0.05) is 26.4 Å². The molecule has 2 heterocycles. The first-order valence-corrected chi connectivity index (χ1v) is 5.88. The normalized spacial score (nSPS) is 19.7. The molecule has 1 atom stereocenters. The van der Waals surface area contributed by atoms with E-state index in [4.69, 9.17) is 4.74 Å². The van der Waals surface area contributed by atoms with Gasteiger partial charge in [-0.25, -0.2) is 0 Å². The Balaban J connectivity index is 2.06. The minimum atomic E-state index is -4.64. The van der Waals surface area contributed by atoms with E-state index in [1.54, 1.807) is 0 Å². The van der Waals surface area contributed by atoms with Gasteiger partial charge in [-0.1, -0.05) is 0 Å². The molecule has 0 spiro atoms. The maximum Gasteiger partial charge on any atom is 0.435 e. The molecule has 1 amide bonds. The Morgan fingerprint density at radius 3 is 2.95 bits per heavy atom. The largest absolute Gasteiger partial charge is 0.435 e. The minimum absolute atomic E-state index is 0.116. The zero-order valence-corrected chi connectivity index (χ0v) is 10.3.